The number of nitrogens with zero attached hydrogens (tertiary/aromatic N) is 2. The van der Waals surface area contributed by atoms with Gasteiger partial charge in [0, 0.05) is 5.69 Å². The van der Waals surface area contributed by atoms with Gasteiger partial charge in [0.05, 0.1) is 19.2 Å². The SMILES string of the molecule is COc1ccc(N2C(=O)[C@H](N3C(=O)OC[C@H]3c3ccccc3)[C@@H]2C2CCCCC2)cc1. The van der Waals surface area contributed by atoms with Gasteiger partial charge in [0.2, 0.25) is 0 Å². The zero-order valence-corrected chi connectivity index (χ0v) is 17.8. The Morgan fingerprint density at radius 3 is 2.32 bits per heavy atom. The van der Waals surface area contributed by atoms with Gasteiger partial charge in [-0.15, -0.1) is 0 Å². The predicted molar refractivity (Wildman–Crippen MR) is 117 cm³/mol. The molecule has 2 aromatic carbocycles. The largest absolute Gasteiger partial charge is 0.497 e. The summed E-state index contributed by atoms with van der Waals surface area (Å²) in [5.74, 6) is 1.11. The van der Waals surface area contributed by atoms with E-state index in [1.165, 1.54) is 19.3 Å². The summed E-state index contributed by atoms with van der Waals surface area (Å²) in [6.45, 7) is 0.284. The van der Waals surface area contributed by atoms with Gasteiger partial charge in [0.25, 0.3) is 5.91 Å². The third-order valence-corrected chi connectivity index (χ3v) is 6.99. The maximum Gasteiger partial charge on any atom is 0.411 e. The molecule has 0 N–H and O–H groups in total. The molecule has 3 fully saturated rings. The zero-order chi connectivity index (χ0) is 21.4. The molecule has 6 nitrogen and oxygen atoms in total. The third kappa shape index (κ3) is 3.44. The summed E-state index contributed by atoms with van der Waals surface area (Å²) in [7, 11) is 1.63. The topological polar surface area (TPSA) is 59.1 Å². The summed E-state index contributed by atoms with van der Waals surface area (Å²) in [5.41, 5.74) is 1.87. The Kier molecular flexibility index (Phi) is 5.30. The molecule has 0 unspecified atom stereocenters. The number of β-lactam (4-membered cyclic amide) rings is 1. The van der Waals surface area contributed by atoms with E-state index in [4.69, 9.17) is 9.47 Å². The van der Waals surface area contributed by atoms with Crippen LogP contribution in [0.1, 0.15) is 43.7 Å². The molecular weight excluding hydrogens is 392 g/mol. The van der Waals surface area contributed by atoms with Gasteiger partial charge in [0.15, 0.2) is 0 Å². The van der Waals surface area contributed by atoms with Crippen LogP contribution in [0.25, 0.3) is 0 Å². The normalized spacial score (nSPS) is 26.5. The summed E-state index contributed by atoms with van der Waals surface area (Å²) in [4.78, 5) is 29.9. The molecule has 5 rings (SSSR count). The number of cyclic esters (lactones) is 1. The molecule has 0 aromatic heterocycles. The van der Waals surface area contributed by atoms with Gasteiger partial charge in [-0.25, -0.2) is 4.79 Å². The summed E-state index contributed by atoms with van der Waals surface area (Å²) >= 11 is 0. The molecule has 2 aromatic rings. The van der Waals surface area contributed by atoms with Crippen molar-refractivity contribution >= 4 is 17.7 Å². The van der Waals surface area contributed by atoms with Crippen molar-refractivity contribution in [1.82, 2.24) is 4.90 Å². The average Bonchev–Trinajstić information content (AvgIpc) is 3.19. The van der Waals surface area contributed by atoms with Crippen molar-refractivity contribution in [3.63, 3.8) is 0 Å². The number of methoxy groups -OCH3 is 1. The molecule has 2 aliphatic heterocycles. The Bertz CT molecular complexity index is 940. The second-order valence-electron chi connectivity index (χ2n) is 8.65. The van der Waals surface area contributed by atoms with Gasteiger partial charge < -0.3 is 14.4 Å². The molecule has 1 aliphatic carbocycles. The highest BCUT2D eigenvalue weighted by molar-refractivity contribution is 6.07. The molecule has 2 amide bonds. The minimum Gasteiger partial charge on any atom is -0.497 e. The maximum absolute atomic E-state index is 13.5. The number of carbonyl (C=O) groups is 2. The Morgan fingerprint density at radius 1 is 0.935 bits per heavy atom. The van der Waals surface area contributed by atoms with E-state index in [0.29, 0.717) is 5.92 Å². The molecule has 162 valence electrons. The lowest BCUT2D eigenvalue weighted by atomic mass is 9.74. The molecule has 0 spiro atoms. The lowest BCUT2D eigenvalue weighted by molar-refractivity contribution is -0.133. The first-order valence-electron chi connectivity index (χ1n) is 11.2. The average molecular weight is 421 g/mol. The first kappa shape index (κ1) is 19.9. The van der Waals surface area contributed by atoms with Crippen LogP contribution in [0, 0.1) is 5.92 Å². The van der Waals surface area contributed by atoms with Crippen LogP contribution in [0.3, 0.4) is 0 Å². The summed E-state index contributed by atoms with van der Waals surface area (Å²) in [6, 6.07) is 16.8. The summed E-state index contributed by atoms with van der Waals surface area (Å²) < 4.78 is 10.7. The van der Waals surface area contributed by atoms with Crippen molar-refractivity contribution in [3.8, 4) is 5.75 Å². The number of rotatable bonds is 5. The van der Waals surface area contributed by atoms with E-state index in [0.717, 1.165) is 29.8 Å². The van der Waals surface area contributed by atoms with Crippen LogP contribution in [-0.2, 0) is 9.53 Å². The van der Waals surface area contributed by atoms with Crippen LogP contribution in [0.5, 0.6) is 5.75 Å². The highest BCUT2D eigenvalue weighted by Crippen LogP contribution is 2.44. The van der Waals surface area contributed by atoms with E-state index in [-0.39, 0.29) is 30.7 Å². The Balaban J connectivity index is 1.49. The number of anilines is 1. The molecule has 1 saturated carbocycles. The van der Waals surface area contributed by atoms with E-state index < -0.39 is 6.04 Å². The molecule has 2 saturated heterocycles. The first-order valence-corrected chi connectivity index (χ1v) is 11.2. The van der Waals surface area contributed by atoms with Crippen molar-refractivity contribution in [2.75, 3.05) is 18.6 Å². The standard InChI is InChI=1S/C25H28N2O4/c1-30-20-14-12-19(13-15-20)26-22(18-10-6-3-7-11-18)23(24(26)28)27-21(16-31-25(27)29)17-8-4-2-5-9-17/h2,4-5,8-9,12-15,18,21-23H,3,6-7,10-11,16H2,1H3/t21-,22-,23+/m0/s1. The quantitative estimate of drug-likeness (QED) is 0.666. The van der Waals surface area contributed by atoms with E-state index in [1.807, 2.05) is 59.5 Å². The summed E-state index contributed by atoms with van der Waals surface area (Å²) in [5, 5.41) is 0. The van der Waals surface area contributed by atoms with Crippen LogP contribution < -0.4 is 9.64 Å². The maximum atomic E-state index is 13.5. The molecule has 0 radical (unpaired) electrons. The molecule has 31 heavy (non-hydrogen) atoms. The van der Waals surface area contributed by atoms with Crippen LogP contribution in [-0.4, -0.2) is 42.7 Å². The minimum absolute atomic E-state index is 0.0273. The number of hydrogen-bond acceptors (Lipinski definition) is 4. The fourth-order valence-electron chi connectivity index (χ4n) is 5.44. The van der Waals surface area contributed by atoms with Gasteiger partial charge in [-0.1, -0.05) is 49.6 Å². The monoisotopic (exact) mass is 420 g/mol. The molecule has 6 heteroatoms. The van der Waals surface area contributed by atoms with Crippen molar-refractivity contribution in [3.05, 3.63) is 60.2 Å². The smallest absolute Gasteiger partial charge is 0.411 e. The van der Waals surface area contributed by atoms with Gasteiger partial charge in [-0.05, 0) is 48.6 Å². The number of ether oxygens (including phenoxy) is 2. The van der Waals surface area contributed by atoms with Gasteiger partial charge in [0.1, 0.15) is 18.4 Å². The van der Waals surface area contributed by atoms with Crippen molar-refractivity contribution in [2.45, 2.75) is 50.2 Å². The van der Waals surface area contributed by atoms with E-state index in [2.05, 4.69) is 0 Å². The lowest BCUT2D eigenvalue weighted by Crippen LogP contribution is -2.73. The predicted octanol–water partition coefficient (Wildman–Crippen LogP) is 4.55. The minimum atomic E-state index is -0.481. The second kappa shape index (κ2) is 8.25. The van der Waals surface area contributed by atoms with Crippen LogP contribution >= 0.6 is 0 Å². The van der Waals surface area contributed by atoms with Crippen LogP contribution in [0.15, 0.2) is 54.6 Å². The molecule has 3 atom stereocenters. The van der Waals surface area contributed by atoms with E-state index in [9.17, 15) is 9.59 Å². The second-order valence-corrected chi connectivity index (χ2v) is 8.65. The number of carbonyl (C=O) groups excluding carboxylic acids is 2. The van der Waals surface area contributed by atoms with Gasteiger partial charge >= 0.3 is 6.09 Å². The van der Waals surface area contributed by atoms with Crippen molar-refractivity contribution < 1.29 is 19.1 Å². The Morgan fingerprint density at radius 2 is 1.65 bits per heavy atom. The summed E-state index contributed by atoms with van der Waals surface area (Å²) in [6.07, 6.45) is 5.36. The van der Waals surface area contributed by atoms with Gasteiger partial charge in [-0.3, -0.25) is 9.69 Å². The molecule has 2 heterocycles. The Hall–Kier alpha value is -3.02. The molecule has 3 aliphatic rings. The zero-order valence-electron chi connectivity index (χ0n) is 17.8. The fourth-order valence-corrected chi connectivity index (χ4v) is 5.44. The van der Waals surface area contributed by atoms with Gasteiger partial charge in [-0.2, -0.15) is 0 Å². The van der Waals surface area contributed by atoms with Crippen LogP contribution in [0.4, 0.5) is 10.5 Å². The molecular formula is C25H28N2O4. The van der Waals surface area contributed by atoms with Crippen molar-refractivity contribution in [1.29, 1.82) is 0 Å². The van der Waals surface area contributed by atoms with Crippen molar-refractivity contribution in [2.24, 2.45) is 5.92 Å². The highest BCUT2D eigenvalue weighted by Gasteiger charge is 2.58. The van der Waals surface area contributed by atoms with E-state index >= 15 is 0 Å². The highest BCUT2D eigenvalue weighted by atomic mass is 16.6. The number of amides is 2. The number of hydrogen-bond donors (Lipinski definition) is 0. The third-order valence-electron chi connectivity index (χ3n) is 6.99. The molecule has 0 bridgehead atoms. The Labute approximate surface area is 182 Å². The lowest BCUT2D eigenvalue weighted by Gasteiger charge is -2.54. The number of benzene rings is 2. The first-order chi connectivity index (χ1) is 15.2. The van der Waals surface area contributed by atoms with E-state index in [1.54, 1.807) is 12.0 Å². The fraction of sp³-hybridized carbons (Fsp3) is 0.440. The van der Waals surface area contributed by atoms with Crippen LogP contribution in [0.2, 0.25) is 0 Å².